The Morgan fingerprint density at radius 1 is 1.24 bits per heavy atom. The molecule has 17 heavy (non-hydrogen) atoms. The van der Waals surface area contributed by atoms with Crippen LogP contribution >= 0.6 is 11.6 Å². The first-order chi connectivity index (χ1) is 7.84. The lowest BCUT2D eigenvalue weighted by molar-refractivity contribution is 0.134. The Balaban J connectivity index is 1.98. The molecule has 1 heterocycles. The van der Waals surface area contributed by atoms with E-state index in [1.54, 1.807) is 4.31 Å². The molecular weight excluding hydrogens is 260 g/mol. The maximum Gasteiger partial charge on any atom is 0.279 e. The van der Waals surface area contributed by atoms with Crippen LogP contribution in [-0.2, 0) is 10.2 Å². The first-order valence-corrected chi connectivity index (χ1v) is 8.13. The summed E-state index contributed by atoms with van der Waals surface area (Å²) in [6, 6.07) is -0.0306. The van der Waals surface area contributed by atoms with Crippen molar-refractivity contribution in [2.24, 2.45) is 5.41 Å². The Kier molecular flexibility index (Phi) is 3.74. The number of rotatable bonds is 3. The standard InChI is InChI=1S/C11H21ClN2O2S/c1-11(2)9(12)8-10(11)13-17(15,16)14-6-4-3-5-7-14/h9-10,13H,3-8H2,1-2H3. The van der Waals surface area contributed by atoms with E-state index in [1.807, 2.05) is 13.8 Å². The summed E-state index contributed by atoms with van der Waals surface area (Å²) in [5.74, 6) is 0. The fraction of sp³-hybridized carbons (Fsp3) is 1.00. The van der Waals surface area contributed by atoms with Crippen LogP contribution in [0.5, 0.6) is 0 Å². The van der Waals surface area contributed by atoms with Gasteiger partial charge >= 0.3 is 0 Å². The molecule has 1 aliphatic heterocycles. The van der Waals surface area contributed by atoms with Gasteiger partial charge in [0.05, 0.1) is 0 Å². The van der Waals surface area contributed by atoms with Gasteiger partial charge in [-0.15, -0.1) is 11.6 Å². The van der Waals surface area contributed by atoms with Crippen LogP contribution < -0.4 is 4.72 Å². The number of alkyl halides is 1. The molecule has 0 bridgehead atoms. The van der Waals surface area contributed by atoms with Crippen LogP contribution in [0.25, 0.3) is 0 Å². The zero-order valence-corrected chi connectivity index (χ0v) is 12.0. The summed E-state index contributed by atoms with van der Waals surface area (Å²) in [4.78, 5) is 0. The highest BCUT2D eigenvalue weighted by Crippen LogP contribution is 2.44. The molecule has 1 N–H and O–H groups in total. The minimum absolute atomic E-state index is 0.0306. The minimum Gasteiger partial charge on any atom is -0.198 e. The largest absolute Gasteiger partial charge is 0.279 e. The van der Waals surface area contributed by atoms with Crippen molar-refractivity contribution >= 4 is 21.8 Å². The number of nitrogens with one attached hydrogen (secondary N) is 1. The van der Waals surface area contributed by atoms with Crippen molar-refractivity contribution in [1.82, 2.24) is 9.03 Å². The van der Waals surface area contributed by atoms with Gasteiger partial charge in [0.1, 0.15) is 0 Å². The van der Waals surface area contributed by atoms with Crippen molar-refractivity contribution in [2.75, 3.05) is 13.1 Å². The molecule has 1 aliphatic carbocycles. The van der Waals surface area contributed by atoms with Gasteiger partial charge in [0.25, 0.3) is 10.2 Å². The molecule has 2 aliphatic rings. The summed E-state index contributed by atoms with van der Waals surface area (Å²) in [6.45, 7) is 5.31. The maximum atomic E-state index is 12.2. The molecule has 2 atom stereocenters. The summed E-state index contributed by atoms with van der Waals surface area (Å²) in [5.41, 5.74) is -0.148. The summed E-state index contributed by atoms with van der Waals surface area (Å²) >= 11 is 6.10. The molecule has 0 amide bonds. The Morgan fingerprint density at radius 3 is 2.29 bits per heavy atom. The van der Waals surface area contributed by atoms with Crippen LogP contribution in [0.15, 0.2) is 0 Å². The Morgan fingerprint density at radius 2 is 1.82 bits per heavy atom. The summed E-state index contributed by atoms with van der Waals surface area (Å²) in [6.07, 6.45) is 3.78. The van der Waals surface area contributed by atoms with Crippen LogP contribution in [-0.4, -0.2) is 37.2 Å². The van der Waals surface area contributed by atoms with Gasteiger partial charge < -0.3 is 0 Å². The highest BCUT2D eigenvalue weighted by atomic mass is 35.5. The summed E-state index contributed by atoms with van der Waals surface area (Å²) < 4.78 is 28.7. The Hall–Kier alpha value is 0.160. The van der Waals surface area contributed by atoms with Gasteiger partial charge in [-0.3, -0.25) is 0 Å². The SMILES string of the molecule is CC1(C)C(Cl)CC1NS(=O)(=O)N1CCCCC1. The second kappa shape index (κ2) is 4.68. The van der Waals surface area contributed by atoms with E-state index in [4.69, 9.17) is 11.6 Å². The highest BCUT2D eigenvalue weighted by molar-refractivity contribution is 7.87. The van der Waals surface area contributed by atoms with Crippen LogP contribution in [0.3, 0.4) is 0 Å². The molecule has 0 spiro atoms. The van der Waals surface area contributed by atoms with Crippen LogP contribution in [0.4, 0.5) is 0 Å². The Bertz CT molecular complexity index is 377. The van der Waals surface area contributed by atoms with E-state index in [-0.39, 0.29) is 16.8 Å². The van der Waals surface area contributed by atoms with Crippen molar-refractivity contribution in [3.8, 4) is 0 Å². The van der Waals surface area contributed by atoms with Gasteiger partial charge in [-0.25, -0.2) is 0 Å². The van der Waals surface area contributed by atoms with E-state index in [0.717, 1.165) is 25.7 Å². The molecule has 1 saturated heterocycles. The van der Waals surface area contributed by atoms with E-state index in [1.165, 1.54) is 0 Å². The van der Waals surface area contributed by atoms with Crippen molar-refractivity contribution in [3.63, 3.8) is 0 Å². The smallest absolute Gasteiger partial charge is 0.198 e. The number of nitrogens with zero attached hydrogens (tertiary/aromatic N) is 1. The predicted octanol–water partition coefficient (Wildman–Crippen LogP) is 1.71. The minimum atomic E-state index is -3.31. The molecule has 6 heteroatoms. The molecule has 0 aromatic carbocycles. The predicted molar refractivity (Wildman–Crippen MR) is 69.3 cm³/mol. The van der Waals surface area contributed by atoms with E-state index >= 15 is 0 Å². The molecule has 0 aromatic heterocycles. The van der Waals surface area contributed by atoms with Gasteiger partial charge in [0, 0.05) is 24.5 Å². The van der Waals surface area contributed by atoms with Crippen molar-refractivity contribution in [2.45, 2.75) is 50.9 Å². The highest BCUT2D eigenvalue weighted by Gasteiger charge is 2.49. The Labute approximate surface area is 109 Å². The fourth-order valence-corrected chi connectivity index (χ4v) is 4.41. The number of halogens is 1. The van der Waals surface area contributed by atoms with E-state index in [9.17, 15) is 8.42 Å². The lowest BCUT2D eigenvalue weighted by Gasteiger charge is -2.49. The maximum absolute atomic E-state index is 12.2. The normalized spacial score (nSPS) is 34.3. The van der Waals surface area contributed by atoms with Crippen molar-refractivity contribution < 1.29 is 8.42 Å². The number of piperidine rings is 1. The van der Waals surface area contributed by atoms with Crippen molar-refractivity contribution in [1.29, 1.82) is 0 Å². The molecule has 0 radical (unpaired) electrons. The lowest BCUT2D eigenvalue weighted by atomic mass is 9.67. The molecular formula is C11H21ClN2O2S. The quantitative estimate of drug-likeness (QED) is 0.800. The summed E-state index contributed by atoms with van der Waals surface area (Å²) in [7, 11) is -3.31. The molecule has 100 valence electrons. The summed E-state index contributed by atoms with van der Waals surface area (Å²) in [5, 5.41) is 0.0663. The fourth-order valence-electron chi connectivity index (χ4n) is 2.43. The number of hydrogen-bond acceptors (Lipinski definition) is 2. The van der Waals surface area contributed by atoms with Gasteiger partial charge in [-0.2, -0.15) is 17.4 Å². The monoisotopic (exact) mass is 280 g/mol. The average Bonchev–Trinajstić information content (AvgIpc) is 2.30. The average molecular weight is 281 g/mol. The number of hydrogen-bond donors (Lipinski definition) is 1. The molecule has 0 aromatic rings. The van der Waals surface area contributed by atoms with Crippen LogP contribution in [0, 0.1) is 5.41 Å². The first-order valence-electron chi connectivity index (χ1n) is 6.25. The molecule has 2 fully saturated rings. The zero-order chi connectivity index (χ0) is 12.7. The van der Waals surface area contributed by atoms with E-state index in [0.29, 0.717) is 13.1 Å². The van der Waals surface area contributed by atoms with Gasteiger partial charge in [0.2, 0.25) is 0 Å². The van der Waals surface area contributed by atoms with Gasteiger partial charge in [-0.05, 0) is 24.7 Å². The van der Waals surface area contributed by atoms with E-state index in [2.05, 4.69) is 4.72 Å². The van der Waals surface area contributed by atoms with E-state index < -0.39 is 10.2 Å². The van der Waals surface area contributed by atoms with Crippen LogP contribution in [0.2, 0.25) is 0 Å². The van der Waals surface area contributed by atoms with Gasteiger partial charge in [-0.1, -0.05) is 20.3 Å². The topological polar surface area (TPSA) is 49.4 Å². The third kappa shape index (κ3) is 2.62. The van der Waals surface area contributed by atoms with Gasteiger partial charge in [0.15, 0.2) is 0 Å². The second-order valence-electron chi connectivity index (χ2n) is 5.66. The lowest BCUT2D eigenvalue weighted by Crippen LogP contribution is -2.61. The van der Waals surface area contributed by atoms with Crippen LogP contribution in [0.1, 0.15) is 39.5 Å². The molecule has 2 unspecified atom stereocenters. The van der Waals surface area contributed by atoms with Crippen molar-refractivity contribution in [3.05, 3.63) is 0 Å². The second-order valence-corrected chi connectivity index (χ2v) is 7.89. The molecule has 1 saturated carbocycles. The third-order valence-electron chi connectivity index (χ3n) is 4.09. The third-order valence-corrected chi connectivity index (χ3v) is 6.46. The zero-order valence-electron chi connectivity index (χ0n) is 10.4. The molecule has 4 nitrogen and oxygen atoms in total. The first kappa shape index (κ1) is 13.6. The molecule has 2 rings (SSSR count).